The first-order chi connectivity index (χ1) is 8.79. The number of aryl methyl sites for hydroxylation is 1. The molecule has 2 rings (SSSR count). The lowest BCUT2D eigenvalue weighted by molar-refractivity contribution is 0.0246. The Hall–Kier alpha value is -0.450. The van der Waals surface area contributed by atoms with E-state index in [1.54, 1.807) is 11.3 Å². The van der Waals surface area contributed by atoms with Gasteiger partial charge in [-0.15, -0.1) is 11.3 Å². The minimum atomic E-state index is 0.480. The molecular weight excluding hydrogens is 244 g/mol. The van der Waals surface area contributed by atoms with Gasteiger partial charge >= 0.3 is 0 Å². The molecule has 3 nitrogen and oxygen atoms in total. The van der Waals surface area contributed by atoms with Gasteiger partial charge in [-0.25, -0.2) is 4.98 Å². The average molecular weight is 268 g/mol. The molecule has 0 amide bonds. The summed E-state index contributed by atoms with van der Waals surface area (Å²) in [4.78, 5) is 5.64. The Morgan fingerprint density at radius 2 is 2.17 bits per heavy atom. The number of ether oxygens (including phenoxy) is 1. The number of nitrogens with one attached hydrogen (secondary N) is 1. The third kappa shape index (κ3) is 4.04. The van der Waals surface area contributed by atoms with Crippen LogP contribution in [-0.4, -0.2) is 30.3 Å². The van der Waals surface area contributed by atoms with Crippen LogP contribution in [-0.2, 0) is 11.2 Å². The minimum Gasteiger partial charge on any atom is -0.378 e. The summed E-state index contributed by atoms with van der Waals surface area (Å²) >= 11 is 1.74. The molecule has 1 saturated carbocycles. The van der Waals surface area contributed by atoms with Crippen LogP contribution in [0.2, 0.25) is 0 Å². The highest BCUT2D eigenvalue weighted by Gasteiger charge is 2.20. The van der Waals surface area contributed by atoms with Gasteiger partial charge < -0.3 is 10.1 Å². The summed E-state index contributed by atoms with van der Waals surface area (Å²) in [6.07, 6.45) is 6.44. The quantitative estimate of drug-likeness (QED) is 0.861. The molecule has 0 atom stereocenters. The zero-order chi connectivity index (χ0) is 12.8. The van der Waals surface area contributed by atoms with Crippen LogP contribution in [0.1, 0.15) is 43.2 Å². The molecule has 18 heavy (non-hydrogen) atoms. The molecular formula is C14H24N2OS. The molecule has 1 N–H and O–H groups in total. The zero-order valence-corrected chi connectivity index (χ0v) is 12.3. The van der Waals surface area contributed by atoms with Gasteiger partial charge in [-0.3, -0.25) is 0 Å². The van der Waals surface area contributed by atoms with Crippen molar-refractivity contribution in [3.63, 3.8) is 0 Å². The van der Waals surface area contributed by atoms with Crippen LogP contribution < -0.4 is 5.32 Å². The standard InChI is InChI=1S/C14H24N2OS/c1-3-15-12-4-6-13(7-5-12)17-9-8-14-11(2)16-10-18-14/h10,12-13,15H,3-9H2,1-2H3. The lowest BCUT2D eigenvalue weighted by Crippen LogP contribution is -2.35. The van der Waals surface area contributed by atoms with E-state index in [9.17, 15) is 0 Å². The second-order valence-electron chi connectivity index (χ2n) is 5.01. The van der Waals surface area contributed by atoms with E-state index in [-0.39, 0.29) is 0 Å². The summed E-state index contributed by atoms with van der Waals surface area (Å²) in [5.41, 5.74) is 3.09. The third-order valence-corrected chi connectivity index (χ3v) is 4.69. The first-order valence-electron chi connectivity index (χ1n) is 7.03. The molecule has 4 heteroatoms. The van der Waals surface area contributed by atoms with Crippen LogP contribution in [0.3, 0.4) is 0 Å². The normalized spacial score (nSPS) is 24.3. The van der Waals surface area contributed by atoms with Gasteiger partial charge in [0.15, 0.2) is 0 Å². The summed E-state index contributed by atoms with van der Waals surface area (Å²) in [6, 6.07) is 0.721. The highest BCUT2D eigenvalue weighted by atomic mass is 32.1. The van der Waals surface area contributed by atoms with Crippen molar-refractivity contribution in [3.05, 3.63) is 16.1 Å². The van der Waals surface area contributed by atoms with Gasteiger partial charge in [0.25, 0.3) is 0 Å². The van der Waals surface area contributed by atoms with Crippen molar-refractivity contribution >= 4 is 11.3 Å². The predicted octanol–water partition coefficient (Wildman–Crippen LogP) is 2.93. The van der Waals surface area contributed by atoms with Crippen LogP contribution in [0.25, 0.3) is 0 Å². The lowest BCUT2D eigenvalue weighted by atomic mass is 9.93. The number of hydrogen-bond acceptors (Lipinski definition) is 4. The second-order valence-corrected chi connectivity index (χ2v) is 5.95. The fourth-order valence-corrected chi connectivity index (χ4v) is 3.37. The Morgan fingerprint density at radius 3 is 2.78 bits per heavy atom. The van der Waals surface area contributed by atoms with Crippen molar-refractivity contribution in [2.24, 2.45) is 0 Å². The van der Waals surface area contributed by atoms with Crippen LogP contribution in [0.5, 0.6) is 0 Å². The fraction of sp³-hybridized carbons (Fsp3) is 0.786. The smallest absolute Gasteiger partial charge is 0.0797 e. The molecule has 0 saturated heterocycles. The second kappa shape index (κ2) is 7.22. The van der Waals surface area contributed by atoms with Gasteiger partial charge in [0, 0.05) is 17.3 Å². The van der Waals surface area contributed by atoms with E-state index >= 15 is 0 Å². The molecule has 1 aromatic rings. The van der Waals surface area contributed by atoms with E-state index < -0.39 is 0 Å². The summed E-state index contributed by atoms with van der Waals surface area (Å²) in [5, 5.41) is 3.53. The monoisotopic (exact) mass is 268 g/mol. The van der Waals surface area contributed by atoms with Crippen LogP contribution in [0.15, 0.2) is 5.51 Å². The van der Waals surface area contributed by atoms with Crippen LogP contribution in [0, 0.1) is 6.92 Å². The summed E-state index contributed by atoms with van der Waals surface area (Å²) in [6.45, 7) is 6.19. The van der Waals surface area contributed by atoms with E-state index in [2.05, 4.69) is 24.1 Å². The number of hydrogen-bond donors (Lipinski definition) is 1. The van der Waals surface area contributed by atoms with Crippen molar-refractivity contribution in [1.82, 2.24) is 10.3 Å². The van der Waals surface area contributed by atoms with Gasteiger partial charge in [-0.2, -0.15) is 0 Å². The maximum Gasteiger partial charge on any atom is 0.0797 e. The van der Waals surface area contributed by atoms with Crippen molar-refractivity contribution < 1.29 is 4.74 Å². The molecule has 0 bridgehead atoms. The highest BCUT2D eigenvalue weighted by Crippen LogP contribution is 2.22. The molecule has 1 aliphatic carbocycles. The van der Waals surface area contributed by atoms with Gasteiger partial charge in [0.1, 0.15) is 0 Å². The van der Waals surface area contributed by atoms with Crippen molar-refractivity contribution in [2.45, 2.75) is 58.1 Å². The largest absolute Gasteiger partial charge is 0.378 e. The SMILES string of the molecule is CCNC1CCC(OCCc2scnc2C)CC1. The Morgan fingerprint density at radius 1 is 1.39 bits per heavy atom. The first kappa shape index (κ1) is 14.0. The molecule has 0 aromatic carbocycles. The van der Waals surface area contributed by atoms with Crippen LogP contribution >= 0.6 is 11.3 Å². The van der Waals surface area contributed by atoms with Gasteiger partial charge in [-0.05, 0) is 39.2 Å². The zero-order valence-electron chi connectivity index (χ0n) is 11.4. The summed E-state index contributed by atoms with van der Waals surface area (Å²) in [5.74, 6) is 0. The molecule has 1 fully saturated rings. The molecule has 1 aliphatic rings. The van der Waals surface area contributed by atoms with Crippen molar-refractivity contribution in [3.8, 4) is 0 Å². The summed E-state index contributed by atoms with van der Waals surface area (Å²) in [7, 11) is 0. The third-order valence-electron chi connectivity index (χ3n) is 3.69. The molecule has 102 valence electrons. The Kier molecular flexibility index (Phi) is 5.60. The molecule has 0 radical (unpaired) electrons. The van der Waals surface area contributed by atoms with Crippen LogP contribution in [0.4, 0.5) is 0 Å². The summed E-state index contributed by atoms with van der Waals surface area (Å²) < 4.78 is 5.99. The highest BCUT2D eigenvalue weighted by molar-refractivity contribution is 7.09. The van der Waals surface area contributed by atoms with Crippen molar-refractivity contribution in [2.75, 3.05) is 13.2 Å². The number of nitrogens with zero attached hydrogens (tertiary/aromatic N) is 1. The predicted molar refractivity (Wildman–Crippen MR) is 76.2 cm³/mol. The topological polar surface area (TPSA) is 34.1 Å². The Balaban J connectivity index is 1.62. The van der Waals surface area contributed by atoms with Gasteiger partial charge in [-0.1, -0.05) is 6.92 Å². The molecule has 1 aromatic heterocycles. The van der Waals surface area contributed by atoms with Gasteiger partial charge in [0.2, 0.25) is 0 Å². The Bertz CT molecular complexity index is 345. The molecule has 0 spiro atoms. The number of rotatable bonds is 6. The molecule has 0 aliphatic heterocycles. The number of thiazole rings is 1. The van der Waals surface area contributed by atoms with Crippen molar-refractivity contribution in [1.29, 1.82) is 0 Å². The maximum absolute atomic E-state index is 5.99. The first-order valence-corrected chi connectivity index (χ1v) is 7.91. The van der Waals surface area contributed by atoms with E-state index in [4.69, 9.17) is 4.74 Å². The van der Waals surface area contributed by atoms with E-state index in [1.165, 1.54) is 36.3 Å². The average Bonchev–Trinajstić information content (AvgIpc) is 2.78. The van der Waals surface area contributed by atoms with E-state index in [0.29, 0.717) is 6.10 Å². The van der Waals surface area contributed by atoms with Gasteiger partial charge in [0.05, 0.1) is 23.9 Å². The molecule has 1 heterocycles. The lowest BCUT2D eigenvalue weighted by Gasteiger charge is -2.29. The minimum absolute atomic E-state index is 0.480. The number of aromatic nitrogens is 1. The fourth-order valence-electron chi connectivity index (χ4n) is 2.61. The Labute approximate surface area is 114 Å². The van der Waals surface area contributed by atoms with E-state index in [1.807, 2.05) is 5.51 Å². The maximum atomic E-state index is 5.99. The van der Waals surface area contributed by atoms with E-state index in [0.717, 1.165) is 25.6 Å². The molecule has 0 unspecified atom stereocenters.